The first-order chi connectivity index (χ1) is 14.1. The zero-order valence-corrected chi connectivity index (χ0v) is 16.0. The average Bonchev–Trinajstić information content (AvgIpc) is 3.12. The number of benzene rings is 2. The van der Waals surface area contributed by atoms with Gasteiger partial charge in [-0.15, -0.1) is 0 Å². The van der Waals surface area contributed by atoms with Gasteiger partial charge in [-0.25, -0.2) is 0 Å². The van der Waals surface area contributed by atoms with Crippen LogP contribution in [0.1, 0.15) is 17.5 Å². The van der Waals surface area contributed by atoms with E-state index in [-0.39, 0.29) is 25.4 Å². The van der Waals surface area contributed by atoms with Gasteiger partial charge in [0.05, 0.1) is 25.2 Å². The molecule has 152 valence electrons. The lowest BCUT2D eigenvalue weighted by Gasteiger charge is -2.17. The molecule has 4 N–H and O–H groups in total. The van der Waals surface area contributed by atoms with Gasteiger partial charge in [-0.2, -0.15) is 0 Å². The number of fused-ring (bicyclic) bond motifs is 1. The van der Waals surface area contributed by atoms with E-state index in [9.17, 15) is 14.8 Å². The monoisotopic (exact) mass is 397 g/mol. The van der Waals surface area contributed by atoms with Crippen molar-refractivity contribution in [2.24, 2.45) is 0 Å². The van der Waals surface area contributed by atoms with E-state index in [0.29, 0.717) is 24.4 Å². The van der Waals surface area contributed by atoms with E-state index >= 15 is 0 Å². The Balaban J connectivity index is 1.58. The second-order valence-electron chi connectivity index (χ2n) is 6.80. The van der Waals surface area contributed by atoms with Crippen LogP contribution in [0.3, 0.4) is 0 Å². The molecule has 0 radical (unpaired) electrons. The molecule has 2 aromatic carbocycles. The molecule has 0 spiro atoms. The van der Waals surface area contributed by atoms with Crippen molar-refractivity contribution in [2.45, 2.75) is 25.2 Å². The molecule has 0 aliphatic heterocycles. The average molecular weight is 397 g/mol. The molecule has 1 unspecified atom stereocenters. The fourth-order valence-corrected chi connectivity index (χ4v) is 3.06. The van der Waals surface area contributed by atoms with Crippen molar-refractivity contribution in [1.29, 1.82) is 0 Å². The maximum absolute atomic E-state index is 12.4. The molecule has 0 saturated heterocycles. The third-order valence-corrected chi connectivity index (χ3v) is 4.57. The van der Waals surface area contributed by atoms with E-state index in [0.717, 1.165) is 16.5 Å². The van der Waals surface area contributed by atoms with Gasteiger partial charge in [-0.3, -0.25) is 4.79 Å². The standard InChI is InChI=1S/C21H24BNO6/c24-10-3-11-28-17-8-6-15(7-9-17)12-21(25)23-20(22(26)27)13-16-14-29-19-5-2-1-4-18(16)19/h1-2,4-9,14,20,24,26-27H,3,10-13H2,(H,23,25). The number of ether oxygens (including phenoxy) is 1. The number of carbonyl (C=O) groups excluding carboxylic acids is 1. The van der Waals surface area contributed by atoms with E-state index in [2.05, 4.69) is 5.32 Å². The van der Waals surface area contributed by atoms with Crippen LogP contribution in [-0.2, 0) is 17.6 Å². The number of aliphatic hydroxyl groups excluding tert-OH is 1. The molecule has 0 bridgehead atoms. The number of amides is 1. The van der Waals surface area contributed by atoms with Crippen molar-refractivity contribution in [3.8, 4) is 5.75 Å². The van der Waals surface area contributed by atoms with Gasteiger partial charge in [-0.1, -0.05) is 30.3 Å². The minimum atomic E-state index is -1.70. The molecule has 1 atom stereocenters. The van der Waals surface area contributed by atoms with E-state index < -0.39 is 13.1 Å². The second kappa shape index (κ2) is 10.1. The zero-order chi connectivity index (χ0) is 20.6. The van der Waals surface area contributed by atoms with E-state index in [1.54, 1.807) is 30.5 Å². The van der Waals surface area contributed by atoms with Crippen LogP contribution in [0.4, 0.5) is 0 Å². The van der Waals surface area contributed by atoms with Crippen molar-refractivity contribution in [1.82, 2.24) is 5.32 Å². The smallest absolute Gasteiger partial charge is 0.475 e. The lowest BCUT2D eigenvalue weighted by Crippen LogP contribution is -2.48. The molecule has 0 aliphatic rings. The highest BCUT2D eigenvalue weighted by Crippen LogP contribution is 2.22. The topological polar surface area (TPSA) is 112 Å². The quantitative estimate of drug-likeness (QED) is 0.305. The predicted octanol–water partition coefficient (Wildman–Crippen LogP) is 1.48. The van der Waals surface area contributed by atoms with Crippen LogP contribution in [0.5, 0.6) is 5.75 Å². The van der Waals surface area contributed by atoms with Crippen molar-refractivity contribution in [3.63, 3.8) is 0 Å². The van der Waals surface area contributed by atoms with Crippen molar-refractivity contribution in [2.75, 3.05) is 13.2 Å². The molecule has 0 saturated carbocycles. The molecule has 0 aliphatic carbocycles. The van der Waals surface area contributed by atoms with E-state index in [1.165, 1.54) is 0 Å². The summed E-state index contributed by atoms with van der Waals surface area (Å²) in [6.07, 6.45) is 2.47. The second-order valence-corrected chi connectivity index (χ2v) is 6.80. The van der Waals surface area contributed by atoms with Crippen molar-refractivity contribution >= 4 is 24.0 Å². The fraction of sp³-hybridized carbons (Fsp3) is 0.286. The van der Waals surface area contributed by atoms with Gasteiger partial charge in [-0.05, 0) is 35.7 Å². The van der Waals surface area contributed by atoms with Gasteiger partial charge >= 0.3 is 7.12 Å². The molecule has 3 aromatic rings. The van der Waals surface area contributed by atoms with Gasteiger partial charge in [0.25, 0.3) is 0 Å². The Labute approximate surface area is 169 Å². The highest BCUT2D eigenvalue weighted by Gasteiger charge is 2.27. The summed E-state index contributed by atoms with van der Waals surface area (Å²) in [4.78, 5) is 12.4. The summed E-state index contributed by atoms with van der Waals surface area (Å²) in [6, 6.07) is 14.5. The summed E-state index contributed by atoms with van der Waals surface area (Å²) >= 11 is 0. The fourth-order valence-electron chi connectivity index (χ4n) is 3.06. The summed E-state index contributed by atoms with van der Waals surface area (Å²) in [5.41, 5.74) is 2.28. The molecule has 1 aromatic heterocycles. The van der Waals surface area contributed by atoms with E-state index in [1.807, 2.05) is 24.3 Å². The Kier molecular flexibility index (Phi) is 7.29. The SMILES string of the molecule is O=C(Cc1ccc(OCCCO)cc1)NC(Cc1coc2ccccc12)B(O)O. The van der Waals surface area contributed by atoms with Gasteiger partial charge in [0, 0.05) is 18.4 Å². The van der Waals surface area contributed by atoms with Crippen molar-refractivity contribution in [3.05, 3.63) is 65.9 Å². The Morgan fingerprint density at radius 2 is 1.90 bits per heavy atom. The Morgan fingerprint density at radius 1 is 1.14 bits per heavy atom. The third-order valence-electron chi connectivity index (χ3n) is 4.57. The van der Waals surface area contributed by atoms with Crippen LogP contribution in [0.15, 0.2) is 59.2 Å². The minimum absolute atomic E-state index is 0.0741. The van der Waals surface area contributed by atoms with Crippen LogP contribution in [0.2, 0.25) is 0 Å². The van der Waals surface area contributed by atoms with Gasteiger partial charge in [0.1, 0.15) is 11.3 Å². The molecule has 0 fully saturated rings. The third kappa shape index (κ3) is 5.84. The number of nitrogens with one attached hydrogen (secondary N) is 1. The first-order valence-electron chi connectivity index (χ1n) is 9.50. The van der Waals surface area contributed by atoms with Gasteiger partial charge < -0.3 is 29.6 Å². The molecule has 8 heteroatoms. The van der Waals surface area contributed by atoms with Crippen LogP contribution >= 0.6 is 0 Å². The predicted molar refractivity (Wildman–Crippen MR) is 109 cm³/mol. The highest BCUT2D eigenvalue weighted by atomic mass is 16.5. The summed E-state index contributed by atoms with van der Waals surface area (Å²) in [7, 11) is -1.70. The highest BCUT2D eigenvalue weighted by molar-refractivity contribution is 6.43. The summed E-state index contributed by atoms with van der Waals surface area (Å²) in [6.45, 7) is 0.500. The maximum Gasteiger partial charge on any atom is 0.475 e. The molecule has 1 heterocycles. The van der Waals surface area contributed by atoms with Crippen LogP contribution in [-0.4, -0.2) is 47.3 Å². The van der Waals surface area contributed by atoms with Crippen LogP contribution < -0.4 is 10.1 Å². The van der Waals surface area contributed by atoms with Gasteiger partial charge in [0.2, 0.25) is 5.91 Å². The number of carbonyl (C=O) groups is 1. The molecule has 1 amide bonds. The normalized spacial score (nSPS) is 12.0. The van der Waals surface area contributed by atoms with E-state index in [4.69, 9.17) is 14.3 Å². The number of hydrogen-bond acceptors (Lipinski definition) is 6. The number of hydrogen-bond donors (Lipinski definition) is 4. The molecule has 7 nitrogen and oxygen atoms in total. The Morgan fingerprint density at radius 3 is 2.62 bits per heavy atom. The number of rotatable bonds is 10. The lowest BCUT2D eigenvalue weighted by atomic mass is 9.75. The molecular weight excluding hydrogens is 373 g/mol. The number of aliphatic hydroxyl groups is 1. The lowest BCUT2D eigenvalue weighted by molar-refractivity contribution is -0.120. The van der Waals surface area contributed by atoms with Crippen LogP contribution in [0, 0.1) is 0 Å². The van der Waals surface area contributed by atoms with Gasteiger partial charge in [0.15, 0.2) is 0 Å². The Bertz CT molecular complexity index is 924. The number of furan rings is 1. The van der Waals surface area contributed by atoms with Crippen LogP contribution in [0.25, 0.3) is 11.0 Å². The zero-order valence-electron chi connectivity index (χ0n) is 16.0. The van der Waals surface area contributed by atoms with Crippen molar-refractivity contribution < 1.29 is 29.1 Å². The largest absolute Gasteiger partial charge is 0.494 e. The Hall–Kier alpha value is -2.81. The molecule has 29 heavy (non-hydrogen) atoms. The summed E-state index contributed by atoms with van der Waals surface area (Å²) < 4.78 is 10.9. The first kappa shape index (κ1) is 20.9. The molecular formula is C21H24BNO6. The summed E-state index contributed by atoms with van der Waals surface area (Å²) in [5.74, 6) is -0.507. The minimum Gasteiger partial charge on any atom is -0.494 e. The maximum atomic E-state index is 12.4. The molecule has 3 rings (SSSR count). The number of para-hydroxylation sites is 1. The summed E-state index contributed by atoms with van der Waals surface area (Å²) in [5, 5.41) is 31.8. The first-order valence-corrected chi connectivity index (χ1v) is 9.50.